The molecule has 4 N–H and O–H groups in total. The van der Waals surface area contributed by atoms with Crippen molar-refractivity contribution in [2.45, 2.75) is 24.5 Å². The summed E-state index contributed by atoms with van der Waals surface area (Å²) >= 11 is 0. The quantitative estimate of drug-likeness (QED) is 0.606. The molecule has 8 heteroatoms. The van der Waals surface area contributed by atoms with Gasteiger partial charge in [0.05, 0.1) is 6.61 Å². The Morgan fingerprint density at radius 2 is 1.91 bits per heavy atom. The van der Waals surface area contributed by atoms with Gasteiger partial charge in [-0.3, -0.25) is 4.57 Å². The van der Waals surface area contributed by atoms with Crippen LogP contribution in [0.4, 0.5) is 11.5 Å². The summed E-state index contributed by atoms with van der Waals surface area (Å²) in [4.78, 5) is 16.0. The SMILES string of the molecule is O=c1nc(Nc2ccccc2)ccn1[C@@H]1O[C@H](CO)[C@@H](O)[C@@H]1O. The van der Waals surface area contributed by atoms with Crippen LogP contribution in [0.1, 0.15) is 6.23 Å². The molecule has 1 aromatic heterocycles. The molecule has 1 aromatic carbocycles. The maximum Gasteiger partial charge on any atom is 0.351 e. The minimum atomic E-state index is -1.32. The Labute approximate surface area is 131 Å². The van der Waals surface area contributed by atoms with Crippen LogP contribution in [0.3, 0.4) is 0 Å². The van der Waals surface area contributed by atoms with Crippen LogP contribution in [-0.4, -0.2) is 49.8 Å². The first-order chi connectivity index (χ1) is 11.1. The van der Waals surface area contributed by atoms with Gasteiger partial charge in [0.2, 0.25) is 0 Å². The predicted molar refractivity (Wildman–Crippen MR) is 81.2 cm³/mol. The lowest BCUT2D eigenvalue weighted by Gasteiger charge is -2.17. The van der Waals surface area contributed by atoms with E-state index < -0.39 is 36.8 Å². The average Bonchev–Trinajstić information content (AvgIpc) is 2.84. The standard InChI is InChI=1S/C15H17N3O5/c19-8-10-12(20)13(21)14(23-10)18-7-6-11(17-15(18)22)16-9-4-2-1-3-5-9/h1-7,10,12-14,19-21H,8H2,(H,16,17,22)/t10-,12-,13+,14-/m1/s1. The normalized spacial score (nSPS) is 27.1. The summed E-state index contributed by atoms with van der Waals surface area (Å²) < 4.78 is 6.40. The molecule has 2 heterocycles. The summed E-state index contributed by atoms with van der Waals surface area (Å²) in [6.07, 6.45) is -3.20. The molecule has 2 aromatic rings. The van der Waals surface area contributed by atoms with Gasteiger partial charge in [-0.25, -0.2) is 4.79 Å². The molecule has 0 radical (unpaired) electrons. The maximum atomic E-state index is 12.1. The summed E-state index contributed by atoms with van der Waals surface area (Å²) in [5.41, 5.74) is 0.144. The van der Waals surface area contributed by atoms with Crippen LogP contribution < -0.4 is 11.0 Å². The van der Waals surface area contributed by atoms with Gasteiger partial charge in [-0.15, -0.1) is 0 Å². The van der Waals surface area contributed by atoms with Crippen molar-refractivity contribution in [2.75, 3.05) is 11.9 Å². The van der Waals surface area contributed by atoms with Gasteiger partial charge in [0.1, 0.15) is 24.1 Å². The van der Waals surface area contributed by atoms with Crippen LogP contribution in [0.2, 0.25) is 0 Å². The van der Waals surface area contributed by atoms with Gasteiger partial charge in [-0.2, -0.15) is 4.98 Å². The van der Waals surface area contributed by atoms with Crippen LogP contribution in [0, 0.1) is 0 Å². The van der Waals surface area contributed by atoms with E-state index in [4.69, 9.17) is 9.84 Å². The van der Waals surface area contributed by atoms with Gasteiger partial charge >= 0.3 is 5.69 Å². The second-order valence-electron chi connectivity index (χ2n) is 5.22. The summed E-state index contributed by atoms with van der Waals surface area (Å²) in [6.45, 7) is -0.454. The molecule has 1 aliphatic rings. The molecule has 0 bridgehead atoms. The molecular weight excluding hydrogens is 302 g/mol. The highest BCUT2D eigenvalue weighted by atomic mass is 16.6. The third kappa shape index (κ3) is 3.10. The van der Waals surface area contributed by atoms with E-state index in [0.717, 1.165) is 10.3 Å². The third-order valence-corrected chi connectivity index (χ3v) is 3.67. The number of nitrogens with one attached hydrogen (secondary N) is 1. The highest BCUT2D eigenvalue weighted by molar-refractivity contribution is 5.54. The van der Waals surface area contributed by atoms with E-state index in [-0.39, 0.29) is 0 Å². The van der Waals surface area contributed by atoms with Crippen molar-refractivity contribution < 1.29 is 20.1 Å². The molecule has 0 aliphatic carbocycles. The topological polar surface area (TPSA) is 117 Å². The van der Waals surface area contributed by atoms with Gasteiger partial charge in [0.25, 0.3) is 0 Å². The van der Waals surface area contributed by atoms with Crippen molar-refractivity contribution in [3.05, 3.63) is 53.1 Å². The third-order valence-electron chi connectivity index (χ3n) is 3.67. The van der Waals surface area contributed by atoms with Gasteiger partial charge < -0.3 is 25.4 Å². The lowest BCUT2D eigenvalue weighted by molar-refractivity contribution is -0.0549. The van der Waals surface area contributed by atoms with E-state index in [0.29, 0.717) is 5.82 Å². The molecule has 3 rings (SSSR count). The first-order valence-electron chi connectivity index (χ1n) is 7.14. The Balaban J connectivity index is 1.82. The van der Waals surface area contributed by atoms with E-state index in [9.17, 15) is 15.0 Å². The van der Waals surface area contributed by atoms with Crippen LogP contribution in [-0.2, 0) is 4.74 Å². The molecular formula is C15H17N3O5. The number of aromatic nitrogens is 2. The van der Waals surface area contributed by atoms with Gasteiger partial charge in [-0.1, -0.05) is 18.2 Å². The Morgan fingerprint density at radius 3 is 2.52 bits per heavy atom. The van der Waals surface area contributed by atoms with E-state index in [1.54, 1.807) is 6.07 Å². The minimum absolute atomic E-state index is 0.351. The number of aliphatic hydroxyl groups is 3. The fourth-order valence-corrected chi connectivity index (χ4v) is 2.46. The first-order valence-corrected chi connectivity index (χ1v) is 7.14. The summed E-state index contributed by atoms with van der Waals surface area (Å²) in [5.74, 6) is 0.351. The van der Waals surface area contributed by atoms with Gasteiger partial charge in [0, 0.05) is 11.9 Å². The van der Waals surface area contributed by atoms with Crippen LogP contribution >= 0.6 is 0 Å². The van der Waals surface area contributed by atoms with E-state index >= 15 is 0 Å². The molecule has 23 heavy (non-hydrogen) atoms. The molecule has 122 valence electrons. The number of hydrogen-bond acceptors (Lipinski definition) is 7. The number of hydrogen-bond donors (Lipinski definition) is 4. The lowest BCUT2D eigenvalue weighted by Crippen LogP contribution is -2.36. The lowest BCUT2D eigenvalue weighted by atomic mass is 10.1. The molecule has 1 fully saturated rings. The van der Waals surface area contributed by atoms with Crippen molar-refractivity contribution in [3.63, 3.8) is 0 Å². The second kappa shape index (κ2) is 6.47. The summed E-state index contributed by atoms with van der Waals surface area (Å²) in [7, 11) is 0. The number of benzene rings is 1. The van der Waals surface area contributed by atoms with Crippen LogP contribution in [0.25, 0.3) is 0 Å². The molecule has 0 unspecified atom stereocenters. The van der Waals surface area contributed by atoms with E-state index in [1.165, 1.54) is 6.20 Å². The summed E-state index contributed by atoms with van der Waals surface area (Å²) in [5, 5.41) is 31.8. The first kappa shape index (κ1) is 15.6. The number of rotatable bonds is 4. The zero-order chi connectivity index (χ0) is 16.4. The molecule has 1 saturated heterocycles. The molecule has 0 saturated carbocycles. The Hall–Kier alpha value is -2.26. The van der Waals surface area contributed by atoms with Crippen LogP contribution in [0.15, 0.2) is 47.4 Å². The van der Waals surface area contributed by atoms with E-state index in [1.807, 2.05) is 30.3 Å². The van der Waals surface area contributed by atoms with Crippen molar-refractivity contribution in [3.8, 4) is 0 Å². The Morgan fingerprint density at radius 1 is 1.17 bits per heavy atom. The predicted octanol–water partition coefficient (Wildman–Crippen LogP) is -0.402. The molecule has 4 atom stereocenters. The van der Waals surface area contributed by atoms with Crippen LogP contribution in [0.5, 0.6) is 0 Å². The second-order valence-corrected chi connectivity index (χ2v) is 5.22. The highest BCUT2D eigenvalue weighted by Crippen LogP contribution is 2.28. The van der Waals surface area contributed by atoms with Gasteiger partial charge in [0.15, 0.2) is 6.23 Å². The smallest absolute Gasteiger partial charge is 0.351 e. The average molecular weight is 319 g/mol. The van der Waals surface area contributed by atoms with Crippen molar-refractivity contribution in [2.24, 2.45) is 0 Å². The Bertz CT molecular complexity index is 721. The van der Waals surface area contributed by atoms with Gasteiger partial charge in [-0.05, 0) is 18.2 Å². The number of ether oxygens (including phenoxy) is 1. The van der Waals surface area contributed by atoms with Crippen molar-refractivity contribution in [1.29, 1.82) is 0 Å². The zero-order valence-electron chi connectivity index (χ0n) is 12.1. The molecule has 0 spiro atoms. The molecule has 0 amide bonds. The van der Waals surface area contributed by atoms with Crippen molar-refractivity contribution >= 4 is 11.5 Å². The Kier molecular flexibility index (Phi) is 4.39. The maximum absolute atomic E-state index is 12.1. The number of nitrogens with zero attached hydrogens (tertiary/aromatic N) is 2. The fraction of sp³-hybridized carbons (Fsp3) is 0.333. The highest BCUT2D eigenvalue weighted by Gasteiger charge is 2.43. The zero-order valence-corrected chi connectivity index (χ0v) is 12.1. The summed E-state index contributed by atoms with van der Waals surface area (Å²) in [6, 6.07) is 10.8. The number of aliphatic hydroxyl groups excluding tert-OH is 3. The monoisotopic (exact) mass is 319 g/mol. The molecule has 8 nitrogen and oxygen atoms in total. The minimum Gasteiger partial charge on any atom is -0.394 e. The van der Waals surface area contributed by atoms with E-state index in [2.05, 4.69) is 10.3 Å². The number of para-hydroxylation sites is 1. The number of anilines is 2. The molecule has 1 aliphatic heterocycles. The van der Waals surface area contributed by atoms with Crippen molar-refractivity contribution in [1.82, 2.24) is 9.55 Å². The fourth-order valence-electron chi connectivity index (χ4n) is 2.46. The largest absolute Gasteiger partial charge is 0.394 e.